The van der Waals surface area contributed by atoms with E-state index in [1.807, 2.05) is 0 Å². The monoisotopic (exact) mass is 1260 g/mol. The Morgan fingerprint density at radius 1 is 0.742 bits per heavy atom. The van der Waals surface area contributed by atoms with E-state index in [1.165, 1.54) is 32.2 Å². The highest BCUT2D eigenvalue weighted by Crippen LogP contribution is 2.52. The number of primary amides is 1. The Labute approximate surface area is 509 Å². The van der Waals surface area contributed by atoms with E-state index in [4.69, 9.17) is 25.2 Å². The Bertz CT molecular complexity index is 3010. The zero-order valence-electron chi connectivity index (χ0n) is 49.4. The maximum absolute atomic E-state index is 14.3. The van der Waals surface area contributed by atoms with E-state index >= 15 is 0 Å². The van der Waals surface area contributed by atoms with Crippen LogP contribution in [0, 0.1) is 11.8 Å². The van der Waals surface area contributed by atoms with E-state index in [0.717, 1.165) is 6.42 Å². The van der Waals surface area contributed by atoms with Crippen LogP contribution in [0.4, 0.5) is 0 Å². The number of nitrogens with two attached hydrogens (primary N) is 1. The summed E-state index contributed by atoms with van der Waals surface area (Å²) in [5, 5.41) is 113. The fourth-order valence-corrected chi connectivity index (χ4v) is 11.5. The number of hydrogen-bond donors (Lipinski definition) is 18. The average Bonchev–Trinajstić information content (AvgIpc) is 0.728. The van der Waals surface area contributed by atoms with Crippen molar-refractivity contribution in [1.82, 2.24) is 42.7 Å². The number of Topliss-reactive ketones (excluding diaryl/α,β-unsaturated/α-hetero) is 1. The SMILES string of the molecule is COc1cccc2c1C(=O)c1c(O)c3c(c(O)c1C2=O)C[C@@](O)(C(=O)CO)C[C@@H]3O[C@@H]1C[C@@H](NC(=O)[C@H](CC(C)C)NC(=O)[C@H](CO)NC(=O)[C@H](CCC(N)=O)NC(=O)C(NC(=O)[C@H](CO)NC(=O)[C@H](CO)NC(=O)CNO)C2CCCCC2)[C@@H](O)[C@@H](C)O1. The number of phenols is 2. The summed E-state index contributed by atoms with van der Waals surface area (Å²) in [6.07, 6.45) is -6.03. The number of hydroxylamine groups is 1. The van der Waals surface area contributed by atoms with Crippen molar-refractivity contribution in [1.29, 1.82) is 0 Å². The van der Waals surface area contributed by atoms with Crippen LogP contribution in [0.3, 0.4) is 0 Å². The van der Waals surface area contributed by atoms with Gasteiger partial charge in [-0.3, -0.25) is 52.7 Å². The predicted molar refractivity (Wildman–Crippen MR) is 303 cm³/mol. The number of carbonyl (C=O) groups excluding carboxylic acids is 11. The molecular weight excluding hydrogens is 1180 g/mol. The van der Waals surface area contributed by atoms with Gasteiger partial charge in [-0.2, -0.15) is 5.48 Å². The van der Waals surface area contributed by atoms with Gasteiger partial charge >= 0.3 is 0 Å². The number of aliphatic hydroxyl groups is 6. The molecule has 89 heavy (non-hydrogen) atoms. The molecule has 0 aromatic heterocycles. The zero-order valence-corrected chi connectivity index (χ0v) is 49.4. The molecule has 1 saturated carbocycles. The molecule has 490 valence electrons. The molecule has 0 radical (unpaired) electrons. The van der Waals surface area contributed by atoms with E-state index in [2.05, 4.69) is 37.2 Å². The van der Waals surface area contributed by atoms with Crippen LogP contribution >= 0.6 is 0 Å². The number of phenolic OH excluding ortho intramolecular Hbond substituents is 2. The van der Waals surface area contributed by atoms with Gasteiger partial charge in [-0.25, -0.2) is 0 Å². The summed E-state index contributed by atoms with van der Waals surface area (Å²) in [5.41, 5.74) is 2.13. The lowest BCUT2D eigenvalue weighted by atomic mass is 9.72. The molecule has 12 atom stereocenters. The molecule has 2 aromatic rings. The molecule has 4 aliphatic rings. The van der Waals surface area contributed by atoms with Crippen molar-refractivity contribution >= 4 is 64.6 Å². The molecule has 32 heteroatoms. The number of fused-ring (bicyclic) bond motifs is 3. The second-order valence-corrected chi connectivity index (χ2v) is 22.9. The summed E-state index contributed by atoms with van der Waals surface area (Å²) in [6.45, 7) is -0.140. The van der Waals surface area contributed by atoms with E-state index in [1.54, 1.807) is 19.3 Å². The number of methoxy groups -OCH3 is 1. The third-order valence-electron chi connectivity index (χ3n) is 16.1. The topological polar surface area (TPSA) is 520 Å². The normalized spacial score (nSPS) is 22.7. The maximum Gasteiger partial charge on any atom is 0.245 e. The molecule has 0 bridgehead atoms. The third-order valence-corrected chi connectivity index (χ3v) is 16.1. The summed E-state index contributed by atoms with van der Waals surface area (Å²) in [7, 11) is 1.25. The lowest BCUT2D eigenvalue weighted by Gasteiger charge is -2.43. The second-order valence-electron chi connectivity index (χ2n) is 22.9. The molecule has 3 aliphatic carbocycles. The summed E-state index contributed by atoms with van der Waals surface area (Å²) in [4.78, 5) is 149. The largest absolute Gasteiger partial charge is 0.507 e. The Morgan fingerprint density at radius 3 is 1.89 bits per heavy atom. The van der Waals surface area contributed by atoms with Gasteiger partial charge in [0.15, 0.2) is 17.9 Å². The van der Waals surface area contributed by atoms with Crippen molar-refractivity contribution in [2.24, 2.45) is 17.6 Å². The van der Waals surface area contributed by atoms with Crippen LogP contribution in [0.1, 0.15) is 134 Å². The first-order valence-corrected chi connectivity index (χ1v) is 29.0. The van der Waals surface area contributed by atoms with Gasteiger partial charge < -0.3 is 103 Å². The molecule has 1 saturated heterocycles. The molecule has 1 unspecified atom stereocenters. The van der Waals surface area contributed by atoms with Gasteiger partial charge in [0.25, 0.3) is 0 Å². The standard InChI is InChI=1S/C57H79N9O23/c1-24(2)15-31(63-54(82)33(21-68)64-51(79)29(13-14-38(58)72)61-56(84)45(26-9-6-5-7-10-26)66-55(83)34(22-69)65-53(81)32(20-67)60-39(73)19-59-86)52(80)62-30-16-40(88-25(3)46(30)74)89-36-18-57(85,37(71)23-70)17-28-42(36)50(78)44-43(48(28)76)47(75)27-11-8-12-35(87-4)41(27)49(44)77/h8,11-12,24-26,29-34,36,40,45-46,59,67-70,74,76,78,85-86H,5-7,9-10,13-23H2,1-4H3,(H2,58,72)(H,60,73)(H,61,84)(H,62,80)(H,63,82)(H,64,79)(H,65,81)(H,66,83)/t25-,29+,30-,31+,32+,33+,34+,36+,40-,45?,46+,57+/m1/s1. The minimum atomic E-state index is -2.50. The number of aromatic hydroxyl groups is 2. The van der Waals surface area contributed by atoms with Crippen LogP contribution in [-0.4, -0.2) is 217 Å². The average molecular weight is 1260 g/mol. The van der Waals surface area contributed by atoms with Gasteiger partial charge in [0.2, 0.25) is 53.0 Å². The van der Waals surface area contributed by atoms with E-state index in [9.17, 15) is 93.6 Å². The predicted octanol–water partition coefficient (Wildman–Crippen LogP) is -5.08. The van der Waals surface area contributed by atoms with Gasteiger partial charge in [0.05, 0.1) is 68.4 Å². The van der Waals surface area contributed by atoms with E-state index in [0.29, 0.717) is 25.7 Å². The zero-order chi connectivity index (χ0) is 65.8. The number of ketones is 3. The number of ether oxygens (including phenoxy) is 3. The molecule has 1 aliphatic heterocycles. The first-order valence-electron chi connectivity index (χ1n) is 29.0. The Morgan fingerprint density at radius 2 is 1.31 bits per heavy atom. The lowest BCUT2D eigenvalue weighted by molar-refractivity contribution is -0.249. The van der Waals surface area contributed by atoms with Gasteiger partial charge in [-0.1, -0.05) is 45.2 Å². The Hall–Kier alpha value is -7.79. The fourth-order valence-electron chi connectivity index (χ4n) is 11.5. The van der Waals surface area contributed by atoms with Crippen LogP contribution in [0.25, 0.3) is 0 Å². The number of rotatable bonds is 29. The Balaban J connectivity index is 1.18. The minimum Gasteiger partial charge on any atom is -0.507 e. The highest BCUT2D eigenvalue weighted by Gasteiger charge is 2.51. The Kier molecular flexibility index (Phi) is 24.6. The van der Waals surface area contributed by atoms with Gasteiger partial charge in [0.1, 0.15) is 71.8 Å². The van der Waals surface area contributed by atoms with Crippen molar-refractivity contribution in [3.8, 4) is 17.2 Å². The van der Waals surface area contributed by atoms with Crippen LogP contribution in [0.5, 0.6) is 17.2 Å². The molecule has 2 fully saturated rings. The quantitative estimate of drug-likeness (QED) is 0.0228. The van der Waals surface area contributed by atoms with Crippen molar-refractivity contribution in [2.45, 2.75) is 164 Å². The molecule has 0 spiro atoms. The first kappa shape index (κ1) is 70.3. The number of hydrogen-bond acceptors (Lipinski definition) is 24. The lowest BCUT2D eigenvalue weighted by Crippen LogP contribution is -2.62. The van der Waals surface area contributed by atoms with Crippen LogP contribution < -0.4 is 53.2 Å². The highest BCUT2D eigenvalue weighted by atomic mass is 16.7. The summed E-state index contributed by atoms with van der Waals surface area (Å²) in [5.74, 6) is -13.8. The van der Waals surface area contributed by atoms with Crippen molar-refractivity contribution in [3.05, 3.63) is 51.6 Å². The number of nitrogens with one attached hydrogen (secondary N) is 8. The summed E-state index contributed by atoms with van der Waals surface area (Å²) < 4.78 is 17.6. The smallest absolute Gasteiger partial charge is 0.245 e. The van der Waals surface area contributed by atoms with E-state index < -0.39 is 231 Å². The highest BCUT2D eigenvalue weighted by molar-refractivity contribution is 6.31. The molecule has 6 rings (SSSR count). The number of benzene rings is 2. The molecule has 19 N–H and O–H groups in total. The molecule has 32 nitrogen and oxygen atoms in total. The number of aliphatic hydroxyl groups excluding tert-OH is 5. The van der Waals surface area contributed by atoms with Crippen LogP contribution in [-0.2, 0) is 59.0 Å². The number of carbonyl (C=O) groups is 11. The fraction of sp³-hybridized carbons (Fsp3) is 0.596. The number of amides is 8. The second kappa shape index (κ2) is 31.1. The van der Waals surface area contributed by atoms with Gasteiger partial charge in [0, 0.05) is 42.4 Å². The summed E-state index contributed by atoms with van der Waals surface area (Å²) in [6, 6.07) is -6.98. The molecular formula is C57H79N9O23. The van der Waals surface area contributed by atoms with Crippen molar-refractivity contribution < 1.29 is 113 Å². The van der Waals surface area contributed by atoms with Crippen LogP contribution in [0.15, 0.2) is 18.2 Å². The van der Waals surface area contributed by atoms with Gasteiger partial charge in [-0.15, -0.1) is 0 Å². The minimum absolute atomic E-state index is 0.0229. The van der Waals surface area contributed by atoms with Crippen molar-refractivity contribution in [3.63, 3.8) is 0 Å². The molecule has 8 amide bonds. The summed E-state index contributed by atoms with van der Waals surface area (Å²) >= 11 is 0. The van der Waals surface area contributed by atoms with Gasteiger partial charge in [-0.05, 0) is 50.5 Å². The molecule has 1 heterocycles. The first-order chi connectivity index (χ1) is 42.2. The third kappa shape index (κ3) is 16.5. The van der Waals surface area contributed by atoms with E-state index in [-0.39, 0.29) is 40.3 Å². The van der Waals surface area contributed by atoms with Crippen LogP contribution in [0.2, 0.25) is 0 Å². The maximum atomic E-state index is 14.3. The molecule has 2 aromatic carbocycles. The van der Waals surface area contributed by atoms with Crippen molar-refractivity contribution in [2.75, 3.05) is 40.1 Å².